The summed E-state index contributed by atoms with van der Waals surface area (Å²) >= 11 is 0. The van der Waals surface area contributed by atoms with Gasteiger partial charge in [0.15, 0.2) is 0 Å². The lowest BCUT2D eigenvalue weighted by Crippen LogP contribution is -2.03. The second kappa shape index (κ2) is 4.07. The molecule has 0 saturated carbocycles. The molecule has 0 atom stereocenters. The molecule has 0 aliphatic heterocycles. The van der Waals surface area contributed by atoms with E-state index in [4.69, 9.17) is 5.73 Å². The second-order valence-corrected chi connectivity index (χ2v) is 2.60. The normalized spacial score (nSPS) is 9.92. The Kier molecular flexibility index (Phi) is 3.05. The lowest BCUT2D eigenvalue weighted by molar-refractivity contribution is 0.629. The summed E-state index contributed by atoms with van der Waals surface area (Å²) in [6, 6.07) is 5.11. The maximum absolute atomic E-state index is 13.1. The zero-order valence-electron chi connectivity index (χ0n) is 7.10. The Bertz CT molecular complexity index is 261. The van der Waals surface area contributed by atoms with Crippen LogP contribution in [0.15, 0.2) is 18.2 Å². The van der Waals surface area contributed by atoms with E-state index in [2.05, 4.69) is 5.32 Å². The minimum absolute atomic E-state index is 0.219. The number of anilines is 1. The fourth-order valence-electron chi connectivity index (χ4n) is 1.08. The van der Waals surface area contributed by atoms with Gasteiger partial charge >= 0.3 is 0 Å². The molecule has 0 unspecified atom stereocenters. The zero-order valence-corrected chi connectivity index (χ0v) is 7.10. The summed E-state index contributed by atoms with van der Waals surface area (Å²) in [5, 5.41) is 2.76. The Balaban J connectivity index is 2.86. The first-order chi connectivity index (χ1) is 5.77. The third kappa shape index (κ3) is 1.95. The van der Waals surface area contributed by atoms with E-state index in [1.165, 1.54) is 6.07 Å². The van der Waals surface area contributed by atoms with Crippen LogP contribution in [-0.4, -0.2) is 13.6 Å². The molecule has 0 aromatic heterocycles. The summed E-state index contributed by atoms with van der Waals surface area (Å²) in [5.74, 6) is -0.219. The highest BCUT2D eigenvalue weighted by molar-refractivity contribution is 5.45. The molecule has 0 aliphatic carbocycles. The maximum Gasteiger partial charge on any atom is 0.146 e. The average molecular weight is 168 g/mol. The molecule has 2 nitrogen and oxygen atoms in total. The van der Waals surface area contributed by atoms with Gasteiger partial charge in [0.2, 0.25) is 0 Å². The molecule has 0 fully saturated rings. The van der Waals surface area contributed by atoms with Gasteiger partial charge in [-0.05, 0) is 30.7 Å². The van der Waals surface area contributed by atoms with Gasteiger partial charge in [0.1, 0.15) is 5.82 Å². The quantitative estimate of drug-likeness (QED) is 0.715. The van der Waals surface area contributed by atoms with Crippen molar-refractivity contribution in [2.45, 2.75) is 6.42 Å². The predicted octanol–water partition coefficient (Wildman–Crippen LogP) is 1.37. The Morgan fingerprint density at radius 3 is 2.75 bits per heavy atom. The van der Waals surface area contributed by atoms with Crippen molar-refractivity contribution in [3.05, 3.63) is 29.6 Å². The van der Waals surface area contributed by atoms with E-state index in [-0.39, 0.29) is 5.82 Å². The molecule has 0 aliphatic rings. The molecule has 0 heterocycles. The van der Waals surface area contributed by atoms with Gasteiger partial charge in [0, 0.05) is 7.05 Å². The van der Waals surface area contributed by atoms with Crippen molar-refractivity contribution in [2.24, 2.45) is 5.73 Å². The van der Waals surface area contributed by atoms with Gasteiger partial charge in [0.05, 0.1) is 5.69 Å². The van der Waals surface area contributed by atoms with Crippen LogP contribution in [0, 0.1) is 5.82 Å². The number of nitrogens with two attached hydrogens (primary N) is 1. The number of hydrogen-bond acceptors (Lipinski definition) is 2. The summed E-state index contributed by atoms with van der Waals surface area (Å²) in [4.78, 5) is 0. The van der Waals surface area contributed by atoms with Gasteiger partial charge in [-0.2, -0.15) is 0 Å². The first-order valence-electron chi connectivity index (χ1n) is 3.94. The van der Waals surface area contributed by atoms with Gasteiger partial charge in [-0.1, -0.05) is 6.07 Å². The van der Waals surface area contributed by atoms with Crippen molar-refractivity contribution in [1.82, 2.24) is 0 Å². The highest BCUT2D eigenvalue weighted by Gasteiger charge is 2.00. The highest BCUT2D eigenvalue weighted by atomic mass is 19.1. The Hall–Kier alpha value is -1.09. The molecule has 0 amide bonds. The largest absolute Gasteiger partial charge is 0.386 e. The van der Waals surface area contributed by atoms with Gasteiger partial charge in [-0.25, -0.2) is 4.39 Å². The van der Waals surface area contributed by atoms with Crippen molar-refractivity contribution in [2.75, 3.05) is 18.9 Å². The van der Waals surface area contributed by atoms with E-state index in [0.717, 1.165) is 12.0 Å². The highest BCUT2D eigenvalue weighted by Crippen LogP contribution is 2.14. The summed E-state index contributed by atoms with van der Waals surface area (Å²) in [6.07, 6.45) is 0.723. The van der Waals surface area contributed by atoms with Gasteiger partial charge in [-0.15, -0.1) is 0 Å². The van der Waals surface area contributed by atoms with Crippen molar-refractivity contribution < 1.29 is 4.39 Å². The minimum atomic E-state index is -0.219. The van der Waals surface area contributed by atoms with Crippen LogP contribution in [-0.2, 0) is 6.42 Å². The molecule has 3 N–H and O–H groups in total. The Morgan fingerprint density at radius 1 is 1.50 bits per heavy atom. The number of hydrogen-bond donors (Lipinski definition) is 2. The molecule has 1 aromatic carbocycles. The van der Waals surface area contributed by atoms with Crippen LogP contribution >= 0.6 is 0 Å². The first-order valence-corrected chi connectivity index (χ1v) is 3.94. The van der Waals surface area contributed by atoms with E-state index in [1.54, 1.807) is 13.1 Å². The molecular formula is C9H13FN2. The summed E-state index contributed by atoms with van der Waals surface area (Å²) in [7, 11) is 1.70. The third-order valence-corrected chi connectivity index (χ3v) is 1.74. The molecule has 1 rings (SSSR count). The fraction of sp³-hybridized carbons (Fsp3) is 0.333. The molecule has 66 valence electrons. The molecule has 3 heteroatoms. The number of nitrogens with one attached hydrogen (secondary N) is 1. The molecule has 1 aromatic rings. The molecule has 0 saturated heterocycles. The molecule has 0 spiro atoms. The van der Waals surface area contributed by atoms with Crippen LogP contribution in [0.1, 0.15) is 5.56 Å². The van der Waals surface area contributed by atoms with Crippen LogP contribution in [0.5, 0.6) is 0 Å². The van der Waals surface area contributed by atoms with E-state index < -0.39 is 0 Å². The third-order valence-electron chi connectivity index (χ3n) is 1.74. The van der Waals surface area contributed by atoms with Crippen molar-refractivity contribution >= 4 is 5.69 Å². The summed E-state index contributed by atoms with van der Waals surface area (Å²) in [5.41, 5.74) is 6.81. The van der Waals surface area contributed by atoms with E-state index in [0.29, 0.717) is 12.2 Å². The Morgan fingerprint density at radius 2 is 2.25 bits per heavy atom. The second-order valence-electron chi connectivity index (χ2n) is 2.60. The number of benzene rings is 1. The average Bonchev–Trinajstić information content (AvgIpc) is 2.05. The molecule has 12 heavy (non-hydrogen) atoms. The topological polar surface area (TPSA) is 38.0 Å². The van der Waals surface area contributed by atoms with Crippen LogP contribution < -0.4 is 11.1 Å². The smallest absolute Gasteiger partial charge is 0.146 e. The first kappa shape index (κ1) is 9.00. The van der Waals surface area contributed by atoms with Crippen molar-refractivity contribution in [3.63, 3.8) is 0 Å². The van der Waals surface area contributed by atoms with E-state index in [9.17, 15) is 4.39 Å². The lowest BCUT2D eigenvalue weighted by Gasteiger charge is -2.03. The summed E-state index contributed by atoms with van der Waals surface area (Å²) < 4.78 is 13.1. The van der Waals surface area contributed by atoms with Gasteiger partial charge in [0.25, 0.3) is 0 Å². The van der Waals surface area contributed by atoms with Crippen LogP contribution in [0.3, 0.4) is 0 Å². The lowest BCUT2D eigenvalue weighted by atomic mass is 10.1. The van der Waals surface area contributed by atoms with Crippen molar-refractivity contribution in [1.29, 1.82) is 0 Å². The SMILES string of the molecule is CNc1ccc(CCN)cc1F. The van der Waals surface area contributed by atoms with E-state index in [1.807, 2.05) is 6.07 Å². The fourth-order valence-corrected chi connectivity index (χ4v) is 1.08. The Labute approximate surface area is 71.6 Å². The van der Waals surface area contributed by atoms with Crippen LogP contribution in [0.4, 0.5) is 10.1 Å². The monoisotopic (exact) mass is 168 g/mol. The minimum Gasteiger partial charge on any atom is -0.386 e. The molecular weight excluding hydrogens is 155 g/mol. The number of halogens is 1. The van der Waals surface area contributed by atoms with E-state index >= 15 is 0 Å². The molecule has 0 radical (unpaired) electrons. The van der Waals surface area contributed by atoms with Gasteiger partial charge in [-0.3, -0.25) is 0 Å². The van der Waals surface area contributed by atoms with Gasteiger partial charge < -0.3 is 11.1 Å². The summed E-state index contributed by atoms with van der Waals surface area (Å²) in [6.45, 7) is 0.554. The molecule has 0 bridgehead atoms. The van der Waals surface area contributed by atoms with Crippen LogP contribution in [0.2, 0.25) is 0 Å². The van der Waals surface area contributed by atoms with Crippen molar-refractivity contribution in [3.8, 4) is 0 Å². The maximum atomic E-state index is 13.1. The standard InChI is InChI=1S/C9H13FN2/c1-12-9-3-2-7(4-5-11)6-8(9)10/h2-3,6,12H,4-5,11H2,1H3. The van der Waals surface area contributed by atoms with Crippen LogP contribution in [0.25, 0.3) is 0 Å². The predicted molar refractivity (Wildman–Crippen MR) is 48.7 cm³/mol. The zero-order chi connectivity index (χ0) is 8.97. The number of rotatable bonds is 3.